The number of carbonyl (C=O) groups excluding carboxylic acids is 1. The van der Waals surface area contributed by atoms with Crippen molar-refractivity contribution < 1.29 is 13.2 Å². The van der Waals surface area contributed by atoms with E-state index < -0.39 is 15.9 Å². The van der Waals surface area contributed by atoms with Gasteiger partial charge < -0.3 is 5.32 Å². The molecule has 0 aliphatic heterocycles. The highest BCUT2D eigenvalue weighted by Crippen LogP contribution is 2.15. The number of hydrogen-bond acceptors (Lipinski definition) is 5. The largest absolute Gasteiger partial charge is 0.325 e. The van der Waals surface area contributed by atoms with Gasteiger partial charge in [-0.15, -0.1) is 0 Å². The zero-order chi connectivity index (χ0) is 18.4. The quantitative estimate of drug-likeness (QED) is 0.877. The summed E-state index contributed by atoms with van der Waals surface area (Å²) < 4.78 is 25.8. The highest BCUT2D eigenvalue weighted by atomic mass is 32.2. The van der Waals surface area contributed by atoms with Crippen LogP contribution in [-0.4, -0.2) is 32.2 Å². The zero-order valence-electron chi connectivity index (χ0n) is 13.3. The lowest BCUT2D eigenvalue weighted by Gasteiger charge is -2.17. The van der Waals surface area contributed by atoms with E-state index in [4.69, 9.17) is 10.5 Å². The van der Waals surface area contributed by atoms with E-state index >= 15 is 0 Å². The van der Waals surface area contributed by atoms with E-state index in [-0.39, 0.29) is 11.4 Å². The summed E-state index contributed by atoms with van der Waals surface area (Å²) in [6.07, 6.45) is 0. The highest BCUT2D eigenvalue weighted by molar-refractivity contribution is 7.89. The lowest BCUT2D eigenvalue weighted by atomic mass is 10.2. The second-order valence-electron chi connectivity index (χ2n) is 5.13. The normalized spacial score (nSPS) is 10.7. The van der Waals surface area contributed by atoms with Gasteiger partial charge in [-0.1, -0.05) is 0 Å². The molecule has 0 saturated carbocycles. The number of sulfonamides is 1. The predicted octanol–water partition coefficient (Wildman–Crippen LogP) is 1.69. The molecule has 0 unspecified atom stereocenters. The van der Waals surface area contributed by atoms with E-state index in [1.807, 2.05) is 12.1 Å². The van der Waals surface area contributed by atoms with Crippen molar-refractivity contribution in [2.45, 2.75) is 4.90 Å². The Balaban J connectivity index is 2.06. The fraction of sp³-hybridized carbons (Fsp3) is 0.118. The van der Waals surface area contributed by atoms with Crippen molar-refractivity contribution in [3.05, 3.63) is 59.7 Å². The third-order valence-electron chi connectivity index (χ3n) is 3.36. The smallest absolute Gasteiger partial charge is 0.243 e. The van der Waals surface area contributed by atoms with Gasteiger partial charge in [0.15, 0.2) is 0 Å². The molecule has 0 aromatic heterocycles. The lowest BCUT2D eigenvalue weighted by Crippen LogP contribution is -2.34. The lowest BCUT2D eigenvalue weighted by molar-refractivity contribution is -0.116. The molecule has 0 aliphatic carbocycles. The summed E-state index contributed by atoms with van der Waals surface area (Å²) in [5.74, 6) is -0.510. The van der Waals surface area contributed by atoms with Gasteiger partial charge in [0.2, 0.25) is 15.9 Å². The standard InChI is InChI=1S/C17H14N4O3S/c1-21(25(23,24)16-8-4-14(11-19)5-9-16)12-17(22)20-15-6-2-13(10-18)3-7-15/h2-9H,12H2,1H3,(H,20,22). The molecule has 0 atom stereocenters. The monoisotopic (exact) mass is 354 g/mol. The van der Waals surface area contributed by atoms with E-state index in [0.717, 1.165) is 4.31 Å². The summed E-state index contributed by atoms with van der Waals surface area (Å²) in [5.41, 5.74) is 1.27. The fourth-order valence-electron chi connectivity index (χ4n) is 2.00. The Kier molecular flexibility index (Phi) is 5.50. The summed E-state index contributed by atoms with van der Waals surface area (Å²) in [5, 5.41) is 20.1. The number of hydrogen-bond donors (Lipinski definition) is 1. The van der Waals surface area contributed by atoms with Crippen LogP contribution in [0.15, 0.2) is 53.4 Å². The van der Waals surface area contributed by atoms with E-state index in [1.54, 1.807) is 24.3 Å². The minimum Gasteiger partial charge on any atom is -0.325 e. The van der Waals surface area contributed by atoms with E-state index in [9.17, 15) is 13.2 Å². The fourth-order valence-corrected chi connectivity index (χ4v) is 3.12. The van der Waals surface area contributed by atoms with Crippen molar-refractivity contribution >= 4 is 21.6 Å². The van der Waals surface area contributed by atoms with Gasteiger partial charge in [-0.05, 0) is 48.5 Å². The van der Waals surface area contributed by atoms with Crippen LogP contribution < -0.4 is 5.32 Å². The van der Waals surface area contributed by atoms with Gasteiger partial charge in [0.25, 0.3) is 0 Å². The van der Waals surface area contributed by atoms with Crippen LogP contribution in [0.2, 0.25) is 0 Å². The van der Waals surface area contributed by atoms with Gasteiger partial charge in [0, 0.05) is 12.7 Å². The Morgan fingerprint density at radius 3 is 1.96 bits per heavy atom. The molecule has 0 radical (unpaired) electrons. The molecular formula is C17H14N4O3S. The maximum absolute atomic E-state index is 12.4. The van der Waals surface area contributed by atoms with E-state index in [2.05, 4.69) is 5.32 Å². The van der Waals surface area contributed by atoms with Gasteiger partial charge in [-0.2, -0.15) is 14.8 Å². The minimum absolute atomic E-state index is 0.000160. The summed E-state index contributed by atoms with van der Waals surface area (Å²) in [6, 6.07) is 15.5. The number of carbonyl (C=O) groups is 1. The molecule has 126 valence electrons. The molecule has 0 aliphatic rings. The first-order chi connectivity index (χ1) is 11.9. The summed E-state index contributed by atoms with van der Waals surface area (Å²) in [4.78, 5) is 12.0. The highest BCUT2D eigenvalue weighted by Gasteiger charge is 2.22. The number of rotatable bonds is 5. The van der Waals surface area contributed by atoms with Crippen molar-refractivity contribution in [3.63, 3.8) is 0 Å². The molecule has 0 fully saturated rings. The first kappa shape index (κ1) is 18.1. The molecule has 0 bridgehead atoms. The average molecular weight is 354 g/mol. The second kappa shape index (κ2) is 7.58. The van der Waals surface area contributed by atoms with Crippen molar-refractivity contribution in [1.82, 2.24) is 4.31 Å². The van der Waals surface area contributed by atoms with Gasteiger partial charge in [-0.25, -0.2) is 8.42 Å². The Hall–Kier alpha value is -3.20. The van der Waals surface area contributed by atoms with Gasteiger partial charge in [0.1, 0.15) is 0 Å². The van der Waals surface area contributed by atoms with Gasteiger partial charge >= 0.3 is 0 Å². The number of amides is 1. The van der Waals surface area contributed by atoms with Gasteiger partial charge in [0.05, 0.1) is 34.7 Å². The first-order valence-electron chi connectivity index (χ1n) is 7.13. The summed E-state index contributed by atoms with van der Waals surface area (Å²) in [6.45, 7) is -0.373. The number of likely N-dealkylation sites (N-methyl/N-ethyl adjacent to an activating group) is 1. The number of nitrogens with zero attached hydrogens (tertiary/aromatic N) is 3. The van der Waals surface area contributed by atoms with E-state index in [0.29, 0.717) is 16.8 Å². The number of nitriles is 2. The molecule has 2 aromatic carbocycles. The van der Waals surface area contributed by atoms with Crippen LogP contribution in [0.3, 0.4) is 0 Å². The Morgan fingerprint density at radius 1 is 1.00 bits per heavy atom. The topological polar surface area (TPSA) is 114 Å². The third kappa shape index (κ3) is 4.42. The average Bonchev–Trinajstić information content (AvgIpc) is 2.62. The van der Waals surface area contributed by atoms with Crippen LogP contribution in [0.5, 0.6) is 0 Å². The van der Waals surface area contributed by atoms with Crippen LogP contribution in [0.4, 0.5) is 5.69 Å². The third-order valence-corrected chi connectivity index (χ3v) is 5.17. The molecule has 0 saturated heterocycles. The number of anilines is 1. The maximum Gasteiger partial charge on any atom is 0.243 e. The molecule has 8 heteroatoms. The van der Waals surface area contributed by atoms with Crippen molar-refractivity contribution in [2.75, 3.05) is 18.9 Å². The maximum atomic E-state index is 12.4. The van der Waals surface area contributed by atoms with Crippen LogP contribution in [0.1, 0.15) is 11.1 Å². The number of benzene rings is 2. The van der Waals surface area contributed by atoms with Crippen LogP contribution >= 0.6 is 0 Å². The van der Waals surface area contributed by atoms with Crippen LogP contribution in [-0.2, 0) is 14.8 Å². The van der Waals surface area contributed by atoms with E-state index in [1.165, 1.54) is 31.3 Å². The molecule has 0 spiro atoms. The van der Waals surface area contributed by atoms with Crippen LogP contribution in [0, 0.1) is 22.7 Å². The van der Waals surface area contributed by atoms with Crippen molar-refractivity contribution in [3.8, 4) is 12.1 Å². The molecule has 0 heterocycles. The Bertz CT molecular complexity index is 953. The second-order valence-corrected chi connectivity index (χ2v) is 7.18. The summed E-state index contributed by atoms with van der Waals surface area (Å²) >= 11 is 0. The first-order valence-corrected chi connectivity index (χ1v) is 8.57. The predicted molar refractivity (Wildman–Crippen MR) is 90.8 cm³/mol. The molecule has 2 rings (SSSR count). The molecule has 1 N–H and O–H groups in total. The van der Waals surface area contributed by atoms with Crippen molar-refractivity contribution in [2.24, 2.45) is 0 Å². The molecule has 25 heavy (non-hydrogen) atoms. The SMILES string of the molecule is CN(CC(=O)Nc1ccc(C#N)cc1)S(=O)(=O)c1ccc(C#N)cc1. The van der Waals surface area contributed by atoms with Crippen LogP contribution in [0.25, 0.3) is 0 Å². The molecule has 2 aromatic rings. The molecule has 1 amide bonds. The van der Waals surface area contributed by atoms with Gasteiger partial charge in [-0.3, -0.25) is 4.79 Å². The Labute approximate surface area is 145 Å². The number of nitrogens with one attached hydrogen (secondary N) is 1. The molecule has 7 nitrogen and oxygen atoms in total. The van der Waals surface area contributed by atoms with Crippen molar-refractivity contribution in [1.29, 1.82) is 10.5 Å². The Morgan fingerprint density at radius 2 is 1.48 bits per heavy atom. The minimum atomic E-state index is -3.84. The zero-order valence-corrected chi connectivity index (χ0v) is 14.1. The molecular weight excluding hydrogens is 340 g/mol. The summed E-state index contributed by atoms with van der Waals surface area (Å²) in [7, 11) is -2.54.